The molecule has 0 saturated carbocycles. The number of aromatic nitrogens is 1. The molecule has 2 aromatic heterocycles. The van der Waals surface area contributed by atoms with Crippen LogP contribution in [0.3, 0.4) is 0 Å². The number of thiophene rings is 1. The minimum absolute atomic E-state index is 0.0918. The van der Waals surface area contributed by atoms with E-state index in [-0.39, 0.29) is 12.5 Å². The quantitative estimate of drug-likeness (QED) is 0.855. The summed E-state index contributed by atoms with van der Waals surface area (Å²) in [7, 11) is 0. The number of carbonyl (C=O) groups is 1. The van der Waals surface area contributed by atoms with E-state index in [0.717, 1.165) is 16.1 Å². The molecule has 2 rings (SSSR count). The van der Waals surface area contributed by atoms with E-state index < -0.39 is 5.97 Å². The van der Waals surface area contributed by atoms with Crippen LogP contribution < -0.4 is 5.32 Å². The highest BCUT2D eigenvalue weighted by molar-refractivity contribution is 7.08. The Morgan fingerprint density at radius 1 is 1.61 bits per heavy atom. The van der Waals surface area contributed by atoms with Crippen molar-refractivity contribution in [2.45, 2.75) is 25.9 Å². The van der Waals surface area contributed by atoms with Gasteiger partial charge in [0.15, 0.2) is 0 Å². The fraction of sp³-hybridized carbons (Fsp3) is 0.333. The largest absolute Gasteiger partial charge is 0.481 e. The summed E-state index contributed by atoms with van der Waals surface area (Å²) in [6.45, 7) is 2.60. The van der Waals surface area contributed by atoms with Crippen molar-refractivity contribution in [2.24, 2.45) is 0 Å². The summed E-state index contributed by atoms with van der Waals surface area (Å²) in [5.74, 6) is -0.792. The van der Waals surface area contributed by atoms with Crippen molar-refractivity contribution in [1.82, 2.24) is 9.69 Å². The first-order valence-electron chi connectivity index (χ1n) is 5.54. The van der Waals surface area contributed by atoms with Gasteiger partial charge in [-0.1, -0.05) is 0 Å². The molecule has 0 fully saturated rings. The number of rotatable bonds is 6. The van der Waals surface area contributed by atoms with Gasteiger partial charge in [0.1, 0.15) is 0 Å². The fourth-order valence-corrected chi connectivity index (χ4v) is 3.08. The van der Waals surface area contributed by atoms with E-state index in [1.807, 2.05) is 29.8 Å². The van der Waals surface area contributed by atoms with Crippen LogP contribution in [0.5, 0.6) is 0 Å². The van der Waals surface area contributed by atoms with E-state index in [1.165, 1.54) is 11.5 Å². The Labute approximate surface area is 113 Å². The van der Waals surface area contributed by atoms with Gasteiger partial charge in [0.2, 0.25) is 0 Å². The Bertz CT molecular complexity index is 508. The van der Waals surface area contributed by atoms with Gasteiger partial charge in [-0.3, -0.25) is 4.79 Å². The number of hydrogen-bond acceptors (Lipinski definition) is 5. The molecule has 2 heterocycles. The molecule has 2 aromatic rings. The molecular formula is C12H14N2O2S2. The van der Waals surface area contributed by atoms with Gasteiger partial charge >= 0.3 is 5.97 Å². The molecule has 96 valence electrons. The molecule has 1 atom stereocenters. The zero-order valence-electron chi connectivity index (χ0n) is 9.92. The van der Waals surface area contributed by atoms with Gasteiger partial charge in [-0.15, -0.1) is 0 Å². The van der Waals surface area contributed by atoms with Crippen LogP contribution in [0.15, 0.2) is 22.9 Å². The smallest absolute Gasteiger partial charge is 0.305 e. The molecule has 18 heavy (non-hydrogen) atoms. The molecule has 0 aromatic carbocycles. The molecule has 4 nitrogen and oxygen atoms in total. The van der Waals surface area contributed by atoms with Crippen molar-refractivity contribution in [3.63, 3.8) is 0 Å². The van der Waals surface area contributed by atoms with Crippen LogP contribution >= 0.6 is 22.9 Å². The number of carboxylic acid groups (broad SMARTS) is 1. The van der Waals surface area contributed by atoms with Gasteiger partial charge in [-0.2, -0.15) is 15.7 Å². The molecule has 2 N–H and O–H groups in total. The summed E-state index contributed by atoms with van der Waals surface area (Å²) >= 11 is 3.03. The lowest BCUT2D eigenvalue weighted by atomic mass is 10.1. The minimum Gasteiger partial charge on any atom is -0.481 e. The number of carboxylic acids is 1. The lowest BCUT2D eigenvalue weighted by molar-refractivity contribution is -0.137. The lowest BCUT2D eigenvalue weighted by Crippen LogP contribution is -2.22. The molecule has 0 bridgehead atoms. The molecule has 6 heteroatoms. The summed E-state index contributed by atoms with van der Waals surface area (Å²) in [5, 5.41) is 16.2. The number of nitrogens with one attached hydrogen (secondary N) is 1. The second kappa shape index (κ2) is 6.08. The average molecular weight is 282 g/mol. The van der Waals surface area contributed by atoms with Crippen LogP contribution in [0.25, 0.3) is 0 Å². The molecule has 0 aliphatic heterocycles. The van der Waals surface area contributed by atoms with E-state index in [9.17, 15) is 4.79 Å². The van der Waals surface area contributed by atoms with Crippen LogP contribution in [0.1, 0.15) is 28.6 Å². The second-order valence-corrected chi connectivity index (χ2v) is 5.69. The van der Waals surface area contributed by atoms with Crippen molar-refractivity contribution in [3.8, 4) is 0 Å². The first-order chi connectivity index (χ1) is 8.65. The van der Waals surface area contributed by atoms with Crippen LogP contribution in [-0.2, 0) is 11.3 Å². The SMILES string of the molecule is Cc1cc(CNC(CC(=O)O)c2ccsc2)sn1. The number of nitrogens with zero attached hydrogens (tertiary/aromatic N) is 1. The normalized spacial score (nSPS) is 12.5. The Kier molecular flexibility index (Phi) is 4.46. The van der Waals surface area contributed by atoms with Gasteiger partial charge in [0.25, 0.3) is 0 Å². The summed E-state index contributed by atoms with van der Waals surface area (Å²) in [6.07, 6.45) is 0.0918. The Morgan fingerprint density at radius 3 is 3.00 bits per heavy atom. The maximum atomic E-state index is 10.9. The maximum absolute atomic E-state index is 10.9. The number of aryl methyl sites for hydroxylation is 1. The second-order valence-electron chi connectivity index (χ2n) is 4.02. The van der Waals surface area contributed by atoms with E-state index in [1.54, 1.807) is 11.3 Å². The van der Waals surface area contributed by atoms with E-state index in [0.29, 0.717) is 6.54 Å². The topological polar surface area (TPSA) is 62.2 Å². The van der Waals surface area contributed by atoms with E-state index in [2.05, 4.69) is 9.69 Å². The highest BCUT2D eigenvalue weighted by Crippen LogP contribution is 2.21. The third kappa shape index (κ3) is 3.63. The summed E-state index contributed by atoms with van der Waals surface area (Å²) in [5.41, 5.74) is 2.03. The minimum atomic E-state index is -0.792. The summed E-state index contributed by atoms with van der Waals surface area (Å²) in [6, 6.07) is 3.84. The van der Waals surface area contributed by atoms with E-state index in [4.69, 9.17) is 5.11 Å². The summed E-state index contributed by atoms with van der Waals surface area (Å²) in [4.78, 5) is 12.0. The highest BCUT2D eigenvalue weighted by Gasteiger charge is 2.15. The first kappa shape index (κ1) is 13.2. The Morgan fingerprint density at radius 2 is 2.44 bits per heavy atom. The van der Waals surface area contributed by atoms with Crippen molar-refractivity contribution in [2.75, 3.05) is 0 Å². The molecule has 0 amide bonds. The van der Waals surface area contributed by atoms with Crippen LogP contribution in [0.2, 0.25) is 0 Å². The maximum Gasteiger partial charge on any atom is 0.305 e. The third-order valence-electron chi connectivity index (χ3n) is 2.52. The standard InChI is InChI=1S/C12H14N2O2S2/c1-8-4-10(18-14-8)6-13-11(5-12(15)16)9-2-3-17-7-9/h2-4,7,11,13H,5-6H2,1H3,(H,15,16). The van der Waals surface area contributed by atoms with Crippen molar-refractivity contribution < 1.29 is 9.90 Å². The average Bonchev–Trinajstić information content (AvgIpc) is 2.94. The van der Waals surface area contributed by atoms with Crippen molar-refractivity contribution in [1.29, 1.82) is 0 Å². The Hall–Kier alpha value is -1.24. The zero-order chi connectivity index (χ0) is 13.0. The molecule has 0 spiro atoms. The van der Waals surface area contributed by atoms with Crippen molar-refractivity contribution >= 4 is 28.8 Å². The molecule has 1 unspecified atom stereocenters. The van der Waals surface area contributed by atoms with Gasteiger partial charge in [0, 0.05) is 17.5 Å². The molecule has 0 radical (unpaired) electrons. The van der Waals surface area contributed by atoms with Crippen LogP contribution in [0.4, 0.5) is 0 Å². The van der Waals surface area contributed by atoms with Crippen LogP contribution in [0, 0.1) is 6.92 Å². The van der Waals surface area contributed by atoms with Crippen LogP contribution in [-0.4, -0.2) is 15.4 Å². The molecule has 0 aliphatic carbocycles. The predicted octanol–water partition coefficient (Wildman–Crippen LogP) is 2.82. The van der Waals surface area contributed by atoms with Gasteiger partial charge in [0.05, 0.1) is 12.1 Å². The van der Waals surface area contributed by atoms with E-state index >= 15 is 0 Å². The van der Waals surface area contributed by atoms with Gasteiger partial charge in [-0.25, -0.2) is 0 Å². The highest BCUT2D eigenvalue weighted by atomic mass is 32.1. The molecular weight excluding hydrogens is 268 g/mol. The Balaban J connectivity index is 1.99. The zero-order valence-corrected chi connectivity index (χ0v) is 11.6. The van der Waals surface area contributed by atoms with Gasteiger partial charge in [-0.05, 0) is 46.9 Å². The monoisotopic (exact) mass is 282 g/mol. The third-order valence-corrected chi connectivity index (χ3v) is 4.10. The fourth-order valence-electron chi connectivity index (χ4n) is 1.68. The first-order valence-corrected chi connectivity index (χ1v) is 7.26. The predicted molar refractivity (Wildman–Crippen MR) is 73.0 cm³/mol. The molecule has 0 aliphatic rings. The number of aliphatic carboxylic acids is 1. The lowest BCUT2D eigenvalue weighted by Gasteiger charge is -2.14. The number of hydrogen-bond donors (Lipinski definition) is 2. The molecule has 0 saturated heterocycles. The van der Waals surface area contributed by atoms with Crippen molar-refractivity contribution in [3.05, 3.63) is 39.0 Å². The van der Waals surface area contributed by atoms with Gasteiger partial charge < -0.3 is 10.4 Å². The summed E-state index contributed by atoms with van der Waals surface area (Å²) < 4.78 is 4.21.